The third-order valence-corrected chi connectivity index (χ3v) is 3.49. The van der Waals surface area contributed by atoms with Gasteiger partial charge in [0.2, 0.25) is 0 Å². The van der Waals surface area contributed by atoms with Gasteiger partial charge in [-0.25, -0.2) is 0 Å². The highest BCUT2D eigenvalue weighted by Crippen LogP contribution is 2.30. The summed E-state index contributed by atoms with van der Waals surface area (Å²) in [5, 5.41) is 10.7. The molecule has 1 heterocycles. The molecule has 0 aliphatic carbocycles. The van der Waals surface area contributed by atoms with Crippen LogP contribution in [0.15, 0.2) is 59.7 Å². The van der Waals surface area contributed by atoms with Crippen LogP contribution in [0.4, 0.5) is 11.4 Å². The number of rotatable bonds is 3. The molecule has 0 atom stereocenters. The van der Waals surface area contributed by atoms with Crippen molar-refractivity contribution in [1.29, 1.82) is 0 Å². The summed E-state index contributed by atoms with van der Waals surface area (Å²) >= 11 is 0. The number of anilines is 1. The van der Waals surface area contributed by atoms with Crippen molar-refractivity contribution in [3.63, 3.8) is 0 Å². The number of aromatic hydroxyl groups is 1. The molecule has 2 aromatic carbocycles. The zero-order chi connectivity index (χ0) is 15.5. The number of nitrogens with zero attached hydrogens (tertiary/aromatic N) is 3. The van der Waals surface area contributed by atoms with Crippen LogP contribution in [-0.2, 0) is 0 Å². The highest BCUT2D eigenvalue weighted by molar-refractivity contribution is 5.96. The van der Waals surface area contributed by atoms with E-state index in [0.29, 0.717) is 5.52 Å². The SMILES string of the molecule is CN(C)c1ccc(C=Nc2ccc(O)c3ncccc23)cc1. The fraction of sp³-hybridized carbons (Fsp3) is 0.111. The van der Waals surface area contributed by atoms with Crippen molar-refractivity contribution in [2.45, 2.75) is 0 Å². The van der Waals surface area contributed by atoms with Crippen LogP contribution in [0, 0.1) is 0 Å². The number of pyridine rings is 1. The van der Waals surface area contributed by atoms with Crippen molar-refractivity contribution in [2.75, 3.05) is 19.0 Å². The Morgan fingerprint density at radius 3 is 2.55 bits per heavy atom. The summed E-state index contributed by atoms with van der Waals surface area (Å²) in [5.74, 6) is 0.171. The van der Waals surface area contributed by atoms with Crippen molar-refractivity contribution in [1.82, 2.24) is 4.98 Å². The van der Waals surface area contributed by atoms with E-state index in [1.807, 2.05) is 44.6 Å². The maximum atomic E-state index is 9.84. The molecule has 0 radical (unpaired) electrons. The molecule has 0 bridgehead atoms. The van der Waals surface area contributed by atoms with Crippen LogP contribution in [0.5, 0.6) is 5.75 Å². The fourth-order valence-corrected chi connectivity index (χ4v) is 2.26. The second-order valence-electron chi connectivity index (χ2n) is 5.25. The van der Waals surface area contributed by atoms with Gasteiger partial charge >= 0.3 is 0 Å². The Morgan fingerprint density at radius 2 is 1.82 bits per heavy atom. The number of phenols is 1. The molecule has 0 amide bonds. The summed E-state index contributed by atoms with van der Waals surface area (Å²) in [6.45, 7) is 0. The van der Waals surface area contributed by atoms with Gasteiger partial charge in [0.15, 0.2) is 0 Å². The summed E-state index contributed by atoms with van der Waals surface area (Å²) in [6.07, 6.45) is 3.48. The fourth-order valence-electron chi connectivity index (χ4n) is 2.26. The van der Waals surface area contributed by atoms with Crippen LogP contribution in [-0.4, -0.2) is 30.4 Å². The molecule has 0 aliphatic rings. The molecule has 0 fully saturated rings. The molecular weight excluding hydrogens is 274 g/mol. The van der Waals surface area contributed by atoms with Crippen molar-refractivity contribution in [2.24, 2.45) is 4.99 Å². The van der Waals surface area contributed by atoms with Gasteiger partial charge in [0.05, 0.1) is 5.69 Å². The number of hydrogen-bond acceptors (Lipinski definition) is 4. The molecule has 1 aromatic heterocycles. The van der Waals surface area contributed by atoms with E-state index in [0.717, 1.165) is 22.3 Å². The number of benzene rings is 2. The third-order valence-electron chi connectivity index (χ3n) is 3.49. The van der Waals surface area contributed by atoms with E-state index < -0.39 is 0 Å². The maximum absolute atomic E-state index is 9.84. The van der Waals surface area contributed by atoms with Crippen LogP contribution in [0.2, 0.25) is 0 Å². The smallest absolute Gasteiger partial charge is 0.141 e. The van der Waals surface area contributed by atoms with Crippen LogP contribution in [0.1, 0.15) is 5.56 Å². The average Bonchev–Trinajstić information content (AvgIpc) is 2.55. The van der Waals surface area contributed by atoms with E-state index in [1.54, 1.807) is 18.3 Å². The van der Waals surface area contributed by atoms with Gasteiger partial charge in [0.1, 0.15) is 11.3 Å². The zero-order valence-corrected chi connectivity index (χ0v) is 12.6. The minimum Gasteiger partial charge on any atom is -0.506 e. The van der Waals surface area contributed by atoms with Crippen molar-refractivity contribution < 1.29 is 5.11 Å². The van der Waals surface area contributed by atoms with E-state index in [4.69, 9.17) is 0 Å². The molecule has 3 rings (SSSR count). The Kier molecular flexibility index (Phi) is 3.74. The van der Waals surface area contributed by atoms with E-state index in [9.17, 15) is 5.11 Å². The second-order valence-corrected chi connectivity index (χ2v) is 5.25. The van der Waals surface area contributed by atoms with Crippen LogP contribution in [0.25, 0.3) is 10.9 Å². The first-order chi connectivity index (χ1) is 10.6. The molecule has 4 heteroatoms. The van der Waals surface area contributed by atoms with E-state index in [2.05, 4.69) is 27.0 Å². The van der Waals surface area contributed by atoms with Gasteiger partial charge in [0.25, 0.3) is 0 Å². The van der Waals surface area contributed by atoms with Gasteiger partial charge in [-0.05, 0) is 42.0 Å². The van der Waals surface area contributed by atoms with Gasteiger partial charge in [-0.3, -0.25) is 9.98 Å². The summed E-state index contributed by atoms with van der Waals surface area (Å²) in [7, 11) is 4.03. The quantitative estimate of drug-likeness (QED) is 0.747. The van der Waals surface area contributed by atoms with E-state index in [1.165, 1.54) is 0 Å². The van der Waals surface area contributed by atoms with Crippen molar-refractivity contribution in [3.8, 4) is 5.75 Å². The van der Waals surface area contributed by atoms with Gasteiger partial charge in [-0.1, -0.05) is 12.1 Å². The minimum atomic E-state index is 0.171. The number of fused-ring (bicyclic) bond motifs is 1. The summed E-state index contributed by atoms with van der Waals surface area (Å²) in [5.41, 5.74) is 3.53. The lowest BCUT2D eigenvalue weighted by Gasteiger charge is -2.11. The van der Waals surface area contributed by atoms with Gasteiger partial charge in [-0.15, -0.1) is 0 Å². The molecule has 0 saturated carbocycles. The molecule has 1 N–H and O–H groups in total. The molecule has 0 saturated heterocycles. The molecule has 0 spiro atoms. The lowest BCUT2D eigenvalue weighted by molar-refractivity contribution is 0.480. The standard InChI is InChI=1S/C18H17N3O/c1-21(2)14-7-5-13(6-8-14)12-20-16-9-10-17(22)18-15(16)4-3-11-19-18/h3-12,22H,1-2H3. The van der Waals surface area contributed by atoms with Crippen LogP contribution in [0.3, 0.4) is 0 Å². The van der Waals surface area contributed by atoms with Gasteiger partial charge < -0.3 is 10.0 Å². The molecule has 4 nitrogen and oxygen atoms in total. The number of aromatic nitrogens is 1. The number of phenolic OH excluding ortho intramolecular Hbond substituents is 1. The highest BCUT2D eigenvalue weighted by Gasteiger charge is 2.04. The Labute approximate surface area is 129 Å². The molecule has 22 heavy (non-hydrogen) atoms. The summed E-state index contributed by atoms with van der Waals surface area (Å²) < 4.78 is 0. The van der Waals surface area contributed by atoms with E-state index >= 15 is 0 Å². The Hall–Kier alpha value is -2.88. The predicted molar refractivity (Wildman–Crippen MR) is 91.4 cm³/mol. The van der Waals surface area contributed by atoms with Gasteiger partial charge in [0, 0.05) is 37.6 Å². The van der Waals surface area contributed by atoms with Crippen LogP contribution < -0.4 is 4.90 Å². The van der Waals surface area contributed by atoms with Crippen molar-refractivity contribution in [3.05, 3.63) is 60.3 Å². The first-order valence-electron chi connectivity index (χ1n) is 7.03. The lowest BCUT2D eigenvalue weighted by Crippen LogP contribution is -2.08. The Morgan fingerprint density at radius 1 is 1.05 bits per heavy atom. The zero-order valence-electron chi connectivity index (χ0n) is 12.6. The normalized spacial score (nSPS) is 11.2. The molecule has 0 aliphatic heterocycles. The molecule has 110 valence electrons. The monoisotopic (exact) mass is 291 g/mol. The third kappa shape index (κ3) is 2.76. The average molecular weight is 291 g/mol. The van der Waals surface area contributed by atoms with Crippen LogP contribution >= 0.6 is 0 Å². The molecule has 3 aromatic rings. The Bertz CT molecular complexity index is 823. The largest absolute Gasteiger partial charge is 0.506 e. The predicted octanol–water partition coefficient (Wildman–Crippen LogP) is 3.76. The molecule has 0 unspecified atom stereocenters. The van der Waals surface area contributed by atoms with Crippen molar-refractivity contribution >= 4 is 28.5 Å². The lowest BCUT2D eigenvalue weighted by atomic mass is 10.1. The summed E-state index contributed by atoms with van der Waals surface area (Å²) in [6, 6.07) is 15.3. The summed E-state index contributed by atoms with van der Waals surface area (Å²) in [4.78, 5) is 10.8. The first kappa shape index (κ1) is 14.1. The first-order valence-corrected chi connectivity index (χ1v) is 7.03. The second kappa shape index (κ2) is 5.85. The number of aliphatic imine (C=N–C) groups is 1. The number of hydrogen-bond donors (Lipinski definition) is 1. The highest BCUT2D eigenvalue weighted by atomic mass is 16.3. The minimum absolute atomic E-state index is 0.171. The topological polar surface area (TPSA) is 48.7 Å². The maximum Gasteiger partial charge on any atom is 0.141 e. The van der Waals surface area contributed by atoms with E-state index in [-0.39, 0.29) is 5.75 Å². The molecular formula is C18H17N3O. The van der Waals surface area contributed by atoms with Gasteiger partial charge in [-0.2, -0.15) is 0 Å². The Balaban J connectivity index is 1.94.